The van der Waals surface area contributed by atoms with Crippen LogP contribution in [0, 0.1) is 6.92 Å². The third kappa shape index (κ3) is 5.93. The van der Waals surface area contributed by atoms with E-state index in [2.05, 4.69) is 26.1 Å². The first-order valence-corrected chi connectivity index (χ1v) is 12.9. The van der Waals surface area contributed by atoms with Crippen molar-refractivity contribution >= 4 is 23.7 Å². The van der Waals surface area contributed by atoms with Crippen LogP contribution in [-0.2, 0) is 0 Å². The molecule has 0 spiro atoms. The summed E-state index contributed by atoms with van der Waals surface area (Å²) in [6.07, 6.45) is 3.79. The lowest BCUT2D eigenvalue weighted by Gasteiger charge is -2.22. The molecule has 0 atom stereocenters. The molecule has 0 fully saturated rings. The van der Waals surface area contributed by atoms with Crippen molar-refractivity contribution in [1.29, 1.82) is 0 Å². The number of imidazole rings is 1. The van der Waals surface area contributed by atoms with Gasteiger partial charge in [0.05, 0.1) is 54.0 Å². The molecule has 0 aliphatic rings. The van der Waals surface area contributed by atoms with Crippen molar-refractivity contribution in [2.24, 2.45) is 0 Å². The van der Waals surface area contributed by atoms with Crippen LogP contribution in [-0.4, -0.2) is 67.8 Å². The maximum Gasteiger partial charge on any atom is 0.253 e. The van der Waals surface area contributed by atoms with Gasteiger partial charge in [-0.15, -0.1) is 0 Å². The third-order valence-electron chi connectivity index (χ3n) is 6.23. The summed E-state index contributed by atoms with van der Waals surface area (Å²) in [5.74, 6) is 4.31. The highest BCUT2D eigenvalue weighted by Gasteiger charge is 2.24. The van der Waals surface area contributed by atoms with E-state index >= 15 is 0 Å². The topological polar surface area (TPSA) is 110 Å². The largest absolute Gasteiger partial charge is 0.493 e. The highest BCUT2D eigenvalue weighted by molar-refractivity contribution is 5.80. The lowest BCUT2D eigenvalue weighted by molar-refractivity contribution is 0.324. The molecular formula is C30H37N5O6. The average molecular weight is 564 g/mol. The molecule has 0 bridgehead atoms. The van der Waals surface area contributed by atoms with E-state index in [1.54, 1.807) is 47.2 Å². The smallest absolute Gasteiger partial charge is 0.253 e. The van der Waals surface area contributed by atoms with Gasteiger partial charge in [-0.3, -0.25) is 0 Å². The Labute approximate surface area is 240 Å². The molecule has 4 rings (SSSR count). The van der Waals surface area contributed by atoms with E-state index in [1.807, 2.05) is 43.3 Å². The van der Waals surface area contributed by atoms with Gasteiger partial charge in [0.2, 0.25) is 11.5 Å². The van der Waals surface area contributed by atoms with E-state index < -0.39 is 0 Å². The second kappa shape index (κ2) is 11.8. The minimum Gasteiger partial charge on any atom is -0.493 e. The van der Waals surface area contributed by atoms with Gasteiger partial charge < -0.3 is 33.7 Å². The van der Waals surface area contributed by atoms with Gasteiger partial charge in [-0.05, 0) is 63.6 Å². The number of rotatable bonds is 10. The Kier molecular flexibility index (Phi) is 8.46. The Hall–Kier alpha value is -4.67. The van der Waals surface area contributed by atoms with Gasteiger partial charge in [-0.1, -0.05) is 6.08 Å². The summed E-state index contributed by atoms with van der Waals surface area (Å²) in [5.41, 5.74) is 3.33. The fourth-order valence-electron chi connectivity index (χ4n) is 4.37. The lowest BCUT2D eigenvalue weighted by atomic mass is 10.1. The van der Waals surface area contributed by atoms with Crippen molar-refractivity contribution in [2.45, 2.75) is 33.2 Å². The molecule has 11 nitrogen and oxygen atoms in total. The van der Waals surface area contributed by atoms with Crippen LogP contribution in [0.5, 0.6) is 34.5 Å². The summed E-state index contributed by atoms with van der Waals surface area (Å²) < 4.78 is 34.8. The predicted molar refractivity (Wildman–Crippen MR) is 159 cm³/mol. The highest BCUT2D eigenvalue weighted by Crippen LogP contribution is 2.43. The molecule has 4 aromatic rings. The number of ether oxygens (including phenoxy) is 6. The second-order valence-corrected chi connectivity index (χ2v) is 10.2. The summed E-state index contributed by atoms with van der Waals surface area (Å²) >= 11 is 0. The van der Waals surface area contributed by atoms with Crippen LogP contribution >= 0.6 is 0 Å². The van der Waals surface area contributed by atoms with Gasteiger partial charge in [-0.2, -0.15) is 9.61 Å². The molecule has 0 unspecified atom stereocenters. The van der Waals surface area contributed by atoms with Crippen LogP contribution in [0.3, 0.4) is 0 Å². The monoisotopic (exact) mass is 563 g/mol. The van der Waals surface area contributed by atoms with Crippen LogP contribution in [0.15, 0.2) is 24.3 Å². The number of aromatic nitrogens is 4. The summed E-state index contributed by atoms with van der Waals surface area (Å²) in [4.78, 5) is 9.74. The number of hydrogen-bond donors (Lipinski definition) is 1. The maximum absolute atomic E-state index is 5.59. The normalized spacial score (nSPS) is 11.6. The summed E-state index contributed by atoms with van der Waals surface area (Å²) in [6, 6.07) is 7.44. The summed E-state index contributed by atoms with van der Waals surface area (Å²) in [5, 5.41) is 8.40. The van der Waals surface area contributed by atoms with E-state index in [4.69, 9.17) is 43.5 Å². The number of benzene rings is 2. The van der Waals surface area contributed by atoms with Crippen molar-refractivity contribution in [3.63, 3.8) is 0 Å². The molecule has 2 heterocycles. The molecule has 11 heteroatoms. The van der Waals surface area contributed by atoms with Gasteiger partial charge in [0.15, 0.2) is 28.8 Å². The summed E-state index contributed by atoms with van der Waals surface area (Å²) in [7, 11) is 9.48. The first-order valence-electron chi connectivity index (χ1n) is 12.9. The van der Waals surface area contributed by atoms with Crippen LogP contribution in [0.25, 0.3) is 29.2 Å². The van der Waals surface area contributed by atoms with Crippen molar-refractivity contribution in [3.8, 4) is 45.8 Å². The average Bonchev–Trinajstić information content (AvgIpc) is 3.29. The molecule has 0 saturated heterocycles. The predicted octanol–water partition coefficient (Wildman–Crippen LogP) is 5.53. The minimum atomic E-state index is -0.286. The second-order valence-electron chi connectivity index (χ2n) is 10.2. The van der Waals surface area contributed by atoms with Gasteiger partial charge in [0, 0.05) is 11.1 Å². The Morgan fingerprint density at radius 1 is 0.707 bits per heavy atom. The third-order valence-corrected chi connectivity index (χ3v) is 6.23. The van der Waals surface area contributed by atoms with Crippen LogP contribution in [0.2, 0.25) is 0 Å². The first kappa shape index (κ1) is 29.3. The van der Waals surface area contributed by atoms with Gasteiger partial charge >= 0.3 is 0 Å². The molecule has 1 N–H and O–H groups in total. The molecule has 218 valence electrons. The Balaban J connectivity index is 1.86. The SMILES string of the molecule is COc1cc(C=Cc2nc3nc(-c4cc(OC)c(OC)c(OC)c4)c(NC(C)(C)C)n3nc2C)cc(OC)c1OC. The zero-order chi connectivity index (χ0) is 29.9. The van der Waals surface area contributed by atoms with E-state index in [1.165, 1.54) is 0 Å². The molecular weight excluding hydrogens is 526 g/mol. The number of aryl methyl sites for hydroxylation is 1. The Morgan fingerprint density at radius 2 is 1.22 bits per heavy atom. The first-order chi connectivity index (χ1) is 19.6. The van der Waals surface area contributed by atoms with Crippen molar-refractivity contribution in [1.82, 2.24) is 19.6 Å². The maximum atomic E-state index is 5.59. The number of nitrogens with one attached hydrogen (secondary N) is 1. The molecule has 0 aliphatic heterocycles. The van der Waals surface area contributed by atoms with Crippen LogP contribution in [0.1, 0.15) is 37.7 Å². The number of anilines is 1. The van der Waals surface area contributed by atoms with Crippen molar-refractivity contribution in [2.75, 3.05) is 48.0 Å². The Morgan fingerprint density at radius 3 is 1.68 bits per heavy atom. The standard InChI is InChI=1S/C30H37N5O6/c1-17-20(12-11-18-13-21(36-5)26(40-9)22(14-18)37-6)31-29-32-25(28(35(29)34-17)33-30(2,3)4)19-15-23(38-7)27(41-10)24(16-19)39-8/h11-16,33H,1-10H3. The van der Waals surface area contributed by atoms with Crippen LogP contribution < -0.4 is 33.7 Å². The molecule has 2 aromatic carbocycles. The minimum absolute atomic E-state index is 0.286. The fraction of sp³-hybridized carbons (Fsp3) is 0.367. The molecule has 2 aromatic heterocycles. The van der Waals surface area contributed by atoms with E-state index in [9.17, 15) is 0 Å². The van der Waals surface area contributed by atoms with E-state index in [0.717, 1.165) is 11.1 Å². The van der Waals surface area contributed by atoms with Crippen LogP contribution in [0.4, 0.5) is 5.82 Å². The van der Waals surface area contributed by atoms with Gasteiger partial charge in [0.1, 0.15) is 5.69 Å². The number of fused-ring (bicyclic) bond motifs is 1. The number of methoxy groups -OCH3 is 6. The quantitative estimate of drug-likeness (QED) is 0.264. The van der Waals surface area contributed by atoms with Gasteiger partial charge in [0.25, 0.3) is 5.78 Å². The fourth-order valence-corrected chi connectivity index (χ4v) is 4.37. The zero-order valence-corrected chi connectivity index (χ0v) is 25.2. The Bertz CT molecular complexity index is 1540. The summed E-state index contributed by atoms with van der Waals surface area (Å²) in [6.45, 7) is 8.11. The molecule has 0 saturated carbocycles. The van der Waals surface area contributed by atoms with Crippen molar-refractivity contribution < 1.29 is 28.4 Å². The van der Waals surface area contributed by atoms with Crippen molar-refractivity contribution in [3.05, 3.63) is 41.2 Å². The number of hydrogen-bond acceptors (Lipinski definition) is 10. The highest BCUT2D eigenvalue weighted by atomic mass is 16.5. The lowest BCUT2D eigenvalue weighted by Crippen LogP contribution is -2.27. The number of nitrogens with zero attached hydrogens (tertiary/aromatic N) is 4. The molecule has 41 heavy (non-hydrogen) atoms. The molecule has 0 aliphatic carbocycles. The molecule has 0 amide bonds. The van der Waals surface area contributed by atoms with Gasteiger partial charge in [-0.25, -0.2) is 9.97 Å². The van der Waals surface area contributed by atoms with E-state index in [-0.39, 0.29) is 5.54 Å². The molecule has 0 radical (unpaired) electrons. The zero-order valence-electron chi connectivity index (χ0n) is 25.2. The van der Waals surface area contributed by atoms with E-state index in [0.29, 0.717) is 63.2 Å².